The van der Waals surface area contributed by atoms with Crippen molar-refractivity contribution in [1.82, 2.24) is 0 Å². The van der Waals surface area contributed by atoms with Crippen LogP contribution in [0.3, 0.4) is 0 Å². The predicted octanol–water partition coefficient (Wildman–Crippen LogP) is 9.74. The van der Waals surface area contributed by atoms with Crippen LogP contribution in [0.25, 0.3) is 0 Å². The molecule has 0 amide bonds. The smallest absolute Gasteiger partial charge is 0.231 e. The van der Waals surface area contributed by atoms with E-state index in [0.717, 1.165) is 0 Å². The van der Waals surface area contributed by atoms with E-state index in [1.807, 2.05) is 121 Å². The average Bonchev–Trinajstić information content (AvgIpc) is 2.97. The van der Waals surface area contributed by atoms with Gasteiger partial charge in [-0.1, -0.05) is 72.8 Å². The Bertz CT molecular complexity index is 1200. The Morgan fingerprint density at radius 3 is 0.865 bits per heavy atom. The molecule has 0 aromatic heterocycles. The zero-order chi connectivity index (χ0) is 25.4. The molecular formula is C28H22N8O. The number of rotatable bonds is 10. The van der Waals surface area contributed by atoms with Gasteiger partial charge in [-0.05, 0) is 48.5 Å². The molecule has 0 radical (unpaired) electrons. The topological polar surface area (TPSA) is 108 Å². The minimum absolute atomic E-state index is 0.128. The number of nitrogens with zero attached hydrogens (tertiary/aromatic N) is 8. The monoisotopic (exact) mass is 486 g/mol. The summed E-state index contributed by atoms with van der Waals surface area (Å²) >= 11 is 0. The molecule has 4 aromatic carbocycles. The van der Waals surface area contributed by atoms with Crippen LogP contribution in [-0.2, 0) is 4.74 Å². The predicted molar refractivity (Wildman–Crippen MR) is 141 cm³/mol. The zero-order valence-electron chi connectivity index (χ0n) is 19.7. The lowest BCUT2D eigenvalue weighted by Gasteiger charge is -1.97. The number of benzene rings is 4. The molecule has 9 heteroatoms. The van der Waals surface area contributed by atoms with Crippen LogP contribution in [0.5, 0.6) is 0 Å². The molecule has 0 N–H and O–H groups in total. The molecule has 0 aliphatic heterocycles. The fourth-order valence-corrected chi connectivity index (χ4v) is 2.70. The quantitative estimate of drug-likeness (QED) is 0.161. The molecular weight excluding hydrogens is 464 g/mol. The second-order valence-electron chi connectivity index (χ2n) is 7.23. The summed E-state index contributed by atoms with van der Waals surface area (Å²) in [6, 6.07) is 37.1. The zero-order valence-corrected chi connectivity index (χ0v) is 19.7. The van der Waals surface area contributed by atoms with Crippen molar-refractivity contribution in [2.24, 2.45) is 40.9 Å². The fourth-order valence-electron chi connectivity index (χ4n) is 2.70. The first-order chi connectivity index (χ1) is 18.3. The summed E-state index contributed by atoms with van der Waals surface area (Å²) in [5.74, 6) is 0.256. The molecule has 0 spiro atoms. The maximum Gasteiger partial charge on any atom is 0.231 e. The van der Waals surface area contributed by atoms with Crippen molar-refractivity contribution >= 4 is 22.7 Å². The lowest BCUT2D eigenvalue weighted by atomic mass is 10.3. The molecule has 0 fully saturated rings. The van der Waals surface area contributed by atoms with Crippen LogP contribution in [-0.4, -0.2) is 0 Å². The second kappa shape index (κ2) is 14.1. The SMILES string of the molecule is C(OC=C(N=Nc1ccccc1)N=Nc1ccccc1)=C(N=Nc1ccccc1)N=Nc1ccccc1. The van der Waals surface area contributed by atoms with Crippen molar-refractivity contribution in [1.29, 1.82) is 0 Å². The summed E-state index contributed by atoms with van der Waals surface area (Å²) < 4.78 is 5.57. The largest absolute Gasteiger partial charge is 0.464 e. The third-order valence-electron chi connectivity index (χ3n) is 4.44. The van der Waals surface area contributed by atoms with Gasteiger partial charge in [0, 0.05) is 0 Å². The molecule has 180 valence electrons. The lowest BCUT2D eigenvalue weighted by Crippen LogP contribution is -1.78. The standard InChI is InChI=1S/C28H22N8O/c1-5-13-23(14-6-1)29-33-27(34-30-24-15-7-2-8-16-24)21-37-22-28(35-31-25-17-9-3-10-18-25)36-32-26-19-11-4-12-20-26/h1-22H. The van der Waals surface area contributed by atoms with E-state index in [1.165, 1.54) is 12.5 Å². The van der Waals surface area contributed by atoms with E-state index in [4.69, 9.17) is 4.74 Å². The first kappa shape index (κ1) is 24.7. The van der Waals surface area contributed by atoms with Gasteiger partial charge in [0.1, 0.15) is 12.5 Å². The lowest BCUT2D eigenvalue weighted by molar-refractivity contribution is 0.389. The van der Waals surface area contributed by atoms with Gasteiger partial charge in [-0.2, -0.15) is 0 Å². The molecule has 4 aromatic rings. The highest BCUT2D eigenvalue weighted by Crippen LogP contribution is 2.19. The fraction of sp³-hybridized carbons (Fsp3) is 0. The van der Waals surface area contributed by atoms with E-state index >= 15 is 0 Å². The van der Waals surface area contributed by atoms with Crippen LogP contribution in [0, 0.1) is 0 Å². The van der Waals surface area contributed by atoms with Crippen molar-refractivity contribution in [3.8, 4) is 0 Å². The molecule has 9 nitrogen and oxygen atoms in total. The van der Waals surface area contributed by atoms with Gasteiger partial charge >= 0.3 is 0 Å². The summed E-state index contributed by atoms with van der Waals surface area (Å²) in [7, 11) is 0. The summed E-state index contributed by atoms with van der Waals surface area (Å²) in [6.07, 6.45) is 2.57. The van der Waals surface area contributed by atoms with Crippen LogP contribution in [0.4, 0.5) is 22.7 Å². The Morgan fingerprint density at radius 2 is 0.622 bits per heavy atom. The second-order valence-corrected chi connectivity index (χ2v) is 7.23. The molecule has 0 saturated heterocycles. The summed E-state index contributed by atoms with van der Waals surface area (Å²) in [5, 5.41) is 33.4. The van der Waals surface area contributed by atoms with Crippen LogP contribution in [0.15, 0.2) is 186 Å². The van der Waals surface area contributed by atoms with E-state index in [9.17, 15) is 0 Å². The van der Waals surface area contributed by atoms with Crippen molar-refractivity contribution in [3.05, 3.63) is 145 Å². The van der Waals surface area contributed by atoms with Crippen LogP contribution < -0.4 is 0 Å². The van der Waals surface area contributed by atoms with Gasteiger partial charge < -0.3 is 4.74 Å². The summed E-state index contributed by atoms with van der Waals surface area (Å²) in [5.41, 5.74) is 2.64. The van der Waals surface area contributed by atoms with E-state index in [1.54, 1.807) is 0 Å². The first-order valence-electron chi connectivity index (χ1n) is 11.3. The first-order valence-corrected chi connectivity index (χ1v) is 11.3. The Hall–Kier alpha value is -5.44. The van der Waals surface area contributed by atoms with E-state index in [-0.39, 0.29) is 11.6 Å². The molecule has 0 unspecified atom stereocenters. The normalized spacial score (nSPS) is 11.4. The van der Waals surface area contributed by atoms with Gasteiger partial charge in [0.25, 0.3) is 0 Å². The highest BCUT2D eigenvalue weighted by molar-refractivity contribution is 5.37. The minimum atomic E-state index is 0.128. The van der Waals surface area contributed by atoms with E-state index in [2.05, 4.69) is 40.9 Å². The molecule has 37 heavy (non-hydrogen) atoms. The van der Waals surface area contributed by atoms with Gasteiger partial charge in [0.15, 0.2) is 0 Å². The Labute approximate surface area is 214 Å². The van der Waals surface area contributed by atoms with Crippen molar-refractivity contribution in [3.63, 3.8) is 0 Å². The molecule has 4 rings (SSSR count). The van der Waals surface area contributed by atoms with Crippen molar-refractivity contribution in [2.45, 2.75) is 0 Å². The molecule has 0 atom stereocenters. The third-order valence-corrected chi connectivity index (χ3v) is 4.44. The van der Waals surface area contributed by atoms with Crippen LogP contribution in [0.2, 0.25) is 0 Å². The maximum absolute atomic E-state index is 5.57. The third kappa shape index (κ3) is 9.02. The van der Waals surface area contributed by atoms with Gasteiger partial charge in [0.05, 0.1) is 22.7 Å². The van der Waals surface area contributed by atoms with E-state index in [0.29, 0.717) is 22.7 Å². The molecule has 0 aliphatic carbocycles. The summed E-state index contributed by atoms with van der Waals surface area (Å²) in [4.78, 5) is 0. The Kier molecular flexibility index (Phi) is 9.39. The maximum atomic E-state index is 5.57. The van der Waals surface area contributed by atoms with E-state index < -0.39 is 0 Å². The Balaban J connectivity index is 1.57. The van der Waals surface area contributed by atoms with Gasteiger partial charge in [-0.15, -0.1) is 40.9 Å². The summed E-state index contributed by atoms with van der Waals surface area (Å²) in [6.45, 7) is 0. The highest BCUT2D eigenvalue weighted by Gasteiger charge is 1.98. The minimum Gasteiger partial charge on any atom is -0.464 e. The van der Waals surface area contributed by atoms with Gasteiger partial charge in [-0.25, -0.2) is 0 Å². The number of hydrogen-bond donors (Lipinski definition) is 0. The van der Waals surface area contributed by atoms with Crippen molar-refractivity contribution in [2.75, 3.05) is 0 Å². The molecule has 0 bridgehead atoms. The molecule has 0 heterocycles. The number of hydrogen-bond acceptors (Lipinski definition) is 9. The number of ether oxygens (including phenoxy) is 1. The molecule has 0 aliphatic rings. The highest BCUT2D eigenvalue weighted by atomic mass is 16.5. The Morgan fingerprint density at radius 1 is 0.378 bits per heavy atom. The number of azo groups is 4. The van der Waals surface area contributed by atoms with Crippen molar-refractivity contribution < 1.29 is 4.74 Å². The van der Waals surface area contributed by atoms with Gasteiger partial charge in [-0.3, -0.25) is 0 Å². The molecule has 0 saturated carbocycles. The van der Waals surface area contributed by atoms with Crippen LogP contribution in [0.1, 0.15) is 0 Å². The van der Waals surface area contributed by atoms with Crippen LogP contribution >= 0.6 is 0 Å². The van der Waals surface area contributed by atoms with Gasteiger partial charge in [0.2, 0.25) is 11.6 Å². The average molecular weight is 487 g/mol.